The average Bonchev–Trinajstić information content (AvgIpc) is 3.35. The Kier molecular flexibility index (Phi) is 55.3. The minimum Gasteiger partial charge on any atom is -0.462 e. The van der Waals surface area contributed by atoms with Crippen molar-refractivity contribution in [1.29, 1.82) is 0 Å². The van der Waals surface area contributed by atoms with Crippen LogP contribution in [-0.2, 0) is 28.6 Å². The Morgan fingerprint density at radius 1 is 0.290 bits per heavy atom. The Morgan fingerprint density at radius 3 is 0.870 bits per heavy atom. The molecule has 69 heavy (non-hydrogen) atoms. The van der Waals surface area contributed by atoms with Crippen LogP contribution >= 0.6 is 0 Å². The second kappa shape index (κ2) is 57.7. The van der Waals surface area contributed by atoms with Crippen LogP contribution in [0, 0.1) is 0 Å². The average molecular weight is 966 g/mol. The fourth-order valence-corrected chi connectivity index (χ4v) is 8.49. The second-order valence-electron chi connectivity index (χ2n) is 19.9. The van der Waals surface area contributed by atoms with Gasteiger partial charge in [-0.25, -0.2) is 0 Å². The molecule has 0 aromatic carbocycles. The maximum atomic E-state index is 12.9. The molecule has 0 heterocycles. The predicted molar refractivity (Wildman–Crippen MR) is 298 cm³/mol. The molecule has 0 aliphatic rings. The van der Waals surface area contributed by atoms with Crippen molar-refractivity contribution in [2.24, 2.45) is 0 Å². The summed E-state index contributed by atoms with van der Waals surface area (Å²) in [7, 11) is 0. The zero-order chi connectivity index (χ0) is 50.0. The van der Waals surface area contributed by atoms with E-state index in [2.05, 4.69) is 81.5 Å². The molecule has 0 fully saturated rings. The van der Waals surface area contributed by atoms with E-state index in [0.29, 0.717) is 19.3 Å². The van der Waals surface area contributed by atoms with Gasteiger partial charge in [-0.3, -0.25) is 14.4 Å². The molecular weight excluding hydrogens is 853 g/mol. The van der Waals surface area contributed by atoms with Crippen LogP contribution in [0.15, 0.2) is 60.8 Å². The molecule has 0 N–H and O–H groups in total. The smallest absolute Gasteiger partial charge is 0.306 e. The first kappa shape index (κ1) is 66.1. The maximum absolute atomic E-state index is 12.9. The highest BCUT2D eigenvalue weighted by Gasteiger charge is 2.19. The molecule has 0 aromatic rings. The fraction of sp³-hybridized carbons (Fsp3) is 0.794. The lowest BCUT2D eigenvalue weighted by atomic mass is 10.0. The van der Waals surface area contributed by atoms with Crippen LogP contribution in [0.5, 0.6) is 0 Å². The number of rotatable bonds is 54. The lowest BCUT2D eigenvalue weighted by Crippen LogP contribution is -2.30. The van der Waals surface area contributed by atoms with Crippen molar-refractivity contribution in [2.45, 2.75) is 309 Å². The Labute approximate surface area is 428 Å². The van der Waals surface area contributed by atoms with E-state index in [-0.39, 0.29) is 31.1 Å². The van der Waals surface area contributed by atoms with Gasteiger partial charge in [0.2, 0.25) is 0 Å². The van der Waals surface area contributed by atoms with Gasteiger partial charge in [-0.2, -0.15) is 0 Å². The molecule has 6 nitrogen and oxygen atoms in total. The summed E-state index contributed by atoms with van der Waals surface area (Å²) in [6.45, 7) is 6.57. The first-order chi connectivity index (χ1) is 34.0. The molecule has 0 saturated carbocycles. The molecule has 0 saturated heterocycles. The molecule has 0 bridgehead atoms. The van der Waals surface area contributed by atoms with Crippen molar-refractivity contribution >= 4 is 17.9 Å². The van der Waals surface area contributed by atoms with Crippen molar-refractivity contribution in [3.8, 4) is 0 Å². The number of carbonyl (C=O) groups excluding carboxylic acids is 3. The monoisotopic (exact) mass is 965 g/mol. The van der Waals surface area contributed by atoms with Gasteiger partial charge in [0.05, 0.1) is 0 Å². The highest BCUT2D eigenvalue weighted by Crippen LogP contribution is 2.16. The van der Waals surface area contributed by atoms with Gasteiger partial charge in [0.25, 0.3) is 0 Å². The summed E-state index contributed by atoms with van der Waals surface area (Å²) in [6, 6.07) is 0. The van der Waals surface area contributed by atoms with E-state index in [0.717, 1.165) is 103 Å². The van der Waals surface area contributed by atoms with Crippen molar-refractivity contribution in [3.05, 3.63) is 60.8 Å². The quantitative estimate of drug-likeness (QED) is 0.0262. The molecule has 0 aliphatic heterocycles. The van der Waals surface area contributed by atoms with Crippen LogP contribution in [-0.4, -0.2) is 37.2 Å². The van der Waals surface area contributed by atoms with E-state index in [1.165, 1.54) is 161 Å². The molecule has 0 amide bonds. The topological polar surface area (TPSA) is 78.9 Å². The summed E-state index contributed by atoms with van der Waals surface area (Å²) < 4.78 is 16.9. The van der Waals surface area contributed by atoms with Crippen LogP contribution in [0.2, 0.25) is 0 Å². The van der Waals surface area contributed by atoms with E-state index in [1.54, 1.807) is 0 Å². The minimum atomic E-state index is -0.784. The largest absolute Gasteiger partial charge is 0.462 e. The van der Waals surface area contributed by atoms with Crippen LogP contribution in [0.4, 0.5) is 0 Å². The number of ether oxygens (including phenoxy) is 3. The minimum absolute atomic E-state index is 0.0833. The lowest BCUT2D eigenvalue weighted by Gasteiger charge is -2.18. The van der Waals surface area contributed by atoms with E-state index < -0.39 is 6.10 Å². The van der Waals surface area contributed by atoms with Crippen LogP contribution in [0.25, 0.3) is 0 Å². The second-order valence-corrected chi connectivity index (χ2v) is 19.9. The number of hydrogen-bond acceptors (Lipinski definition) is 6. The predicted octanol–water partition coefficient (Wildman–Crippen LogP) is 20.0. The summed E-state index contributed by atoms with van der Waals surface area (Å²) in [6.07, 6.45) is 72.1. The Bertz CT molecular complexity index is 1250. The third-order valence-corrected chi connectivity index (χ3v) is 13.0. The van der Waals surface area contributed by atoms with Gasteiger partial charge in [-0.05, 0) is 83.5 Å². The number of unbranched alkanes of at least 4 members (excludes halogenated alkanes) is 33. The van der Waals surface area contributed by atoms with Crippen LogP contribution in [0.3, 0.4) is 0 Å². The maximum Gasteiger partial charge on any atom is 0.306 e. The molecule has 0 aliphatic carbocycles. The van der Waals surface area contributed by atoms with Gasteiger partial charge in [-0.15, -0.1) is 0 Å². The first-order valence-corrected chi connectivity index (χ1v) is 29.8. The first-order valence-electron chi connectivity index (χ1n) is 29.8. The van der Waals surface area contributed by atoms with Gasteiger partial charge in [0.15, 0.2) is 6.10 Å². The number of carbonyl (C=O) groups is 3. The molecule has 6 heteroatoms. The van der Waals surface area contributed by atoms with E-state index in [4.69, 9.17) is 14.2 Å². The van der Waals surface area contributed by atoms with E-state index in [1.807, 2.05) is 0 Å². The number of hydrogen-bond donors (Lipinski definition) is 0. The lowest BCUT2D eigenvalue weighted by molar-refractivity contribution is -0.167. The van der Waals surface area contributed by atoms with Crippen molar-refractivity contribution in [2.75, 3.05) is 13.2 Å². The summed E-state index contributed by atoms with van der Waals surface area (Å²) in [5, 5.41) is 0. The van der Waals surface area contributed by atoms with Crippen molar-refractivity contribution in [3.63, 3.8) is 0 Å². The number of allylic oxidation sites excluding steroid dienone is 10. The molecule has 0 radical (unpaired) electrons. The SMILES string of the molecule is CCC/C=C\C/C=C\CCCCCCCC(=O)OCC(COC(=O)CCCCCCCC/C=C\C/C=C\C/C=C\CCCCCCC)OC(=O)CCCCCCCCCCCCCCCCCCC. The third-order valence-electron chi connectivity index (χ3n) is 13.0. The van der Waals surface area contributed by atoms with Gasteiger partial charge >= 0.3 is 17.9 Å². The fourth-order valence-electron chi connectivity index (χ4n) is 8.49. The van der Waals surface area contributed by atoms with Crippen LogP contribution < -0.4 is 0 Å². The molecule has 0 aromatic heterocycles. The Morgan fingerprint density at radius 2 is 0.551 bits per heavy atom. The summed E-state index contributed by atoms with van der Waals surface area (Å²) in [4.78, 5) is 38.2. The molecule has 1 atom stereocenters. The summed E-state index contributed by atoms with van der Waals surface area (Å²) in [5.41, 5.74) is 0. The highest BCUT2D eigenvalue weighted by molar-refractivity contribution is 5.71. The van der Waals surface area contributed by atoms with E-state index in [9.17, 15) is 14.4 Å². The van der Waals surface area contributed by atoms with Crippen LogP contribution in [0.1, 0.15) is 303 Å². The van der Waals surface area contributed by atoms with E-state index >= 15 is 0 Å². The van der Waals surface area contributed by atoms with Gasteiger partial charge in [0, 0.05) is 19.3 Å². The van der Waals surface area contributed by atoms with Gasteiger partial charge < -0.3 is 14.2 Å². The zero-order valence-corrected chi connectivity index (χ0v) is 45.8. The molecule has 0 spiro atoms. The third kappa shape index (κ3) is 55.9. The normalized spacial score (nSPS) is 12.4. The van der Waals surface area contributed by atoms with Gasteiger partial charge in [-0.1, -0.05) is 261 Å². The molecule has 1 unspecified atom stereocenters. The highest BCUT2D eigenvalue weighted by atomic mass is 16.6. The molecule has 400 valence electrons. The standard InChI is InChI=1S/C63H112O6/c1-4-7-10-13-16-19-22-25-27-29-30-31-32-34-35-38-41-44-47-50-53-56-62(65)68-59-60(58-67-61(64)55-52-49-46-43-40-37-24-21-18-15-12-9-6-3)69-63(66)57-54-51-48-45-42-39-36-33-28-26-23-20-17-14-11-8-5-2/h12,15,21-22,24-25,29-30,32,34,60H,4-11,13-14,16-20,23,26-28,31,33,35-59H2,1-3H3/b15-12-,24-21-,25-22-,30-29-,34-32-. The Hall–Kier alpha value is -2.89. The molecule has 0 rings (SSSR count). The summed E-state index contributed by atoms with van der Waals surface area (Å²) in [5.74, 6) is -0.895. The Balaban J connectivity index is 4.36. The molecular formula is C63H112O6. The van der Waals surface area contributed by atoms with Crippen molar-refractivity contribution < 1.29 is 28.6 Å². The van der Waals surface area contributed by atoms with Gasteiger partial charge in [0.1, 0.15) is 13.2 Å². The summed E-state index contributed by atoms with van der Waals surface area (Å²) >= 11 is 0. The zero-order valence-electron chi connectivity index (χ0n) is 45.8. The van der Waals surface area contributed by atoms with Crippen molar-refractivity contribution in [1.82, 2.24) is 0 Å². The number of esters is 3.